The summed E-state index contributed by atoms with van der Waals surface area (Å²) in [6.07, 6.45) is 1.56. The number of nitro groups is 1. The van der Waals surface area contributed by atoms with Crippen molar-refractivity contribution in [3.63, 3.8) is 0 Å². The van der Waals surface area contributed by atoms with Crippen LogP contribution in [-0.2, 0) is 9.53 Å². The number of aromatic nitrogens is 1. The molecule has 0 radical (unpaired) electrons. The fourth-order valence-corrected chi connectivity index (χ4v) is 4.95. The van der Waals surface area contributed by atoms with Gasteiger partial charge in [0, 0.05) is 17.8 Å². The Labute approximate surface area is 209 Å². The molecule has 2 heterocycles. The largest absolute Gasteiger partial charge is 0.504 e. The zero-order valence-electron chi connectivity index (χ0n) is 19.8. The van der Waals surface area contributed by atoms with Crippen LogP contribution in [0.15, 0.2) is 57.8 Å². The van der Waals surface area contributed by atoms with Gasteiger partial charge in [-0.05, 0) is 50.1 Å². The standard InChI is InChI=1S/C25H23N3O7S/c1-4-34-19-13-16(9-10-18(19)29)22-21(24(31)35-5-2)14(3)27-23(30)20(36-25(27)26-22)12-15-7-6-8-17(11-15)28(32)33/h6-13,22,29H,4-5H2,1-3H3/b20-12-/t22-/m0/s1. The van der Waals surface area contributed by atoms with Crippen LogP contribution in [0.25, 0.3) is 11.8 Å². The molecule has 0 spiro atoms. The lowest BCUT2D eigenvalue weighted by molar-refractivity contribution is -0.384. The van der Waals surface area contributed by atoms with E-state index in [1.807, 2.05) is 0 Å². The minimum Gasteiger partial charge on any atom is -0.504 e. The number of benzene rings is 2. The van der Waals surface area contributed by atoms with Gasteiger partial charge in [-0.3, -0.25) is 19.5 Å². The lowest BCUT2D eigenvalue weighted by Gasteiger charge is -2.22. The number of rotatable bonds is 7. The van der Waals surface area contributed by atoms with Crippen LogP contribution in [0.4, 0.5) is 5.69 Å². The second-order valence-electron chi connectivity index (χ2n) is 7.80. The number of non-ortho nitro benzene ring substituents is 1. The molecule has 1 aliphatic rings. The number of nitrogens with zero attached hydrogens (tertiary/aromatic N) is 3. The molecule has 0 saturated heterocycles. The van der Waals surface area contributed by atoms with Gasteiger partial charge in [0.05, 0.1) is 28.2 Å². The van der Waals surface area contributed by atoms with Gasteiger partial charge in [0.15, 0.2) is 16.3 Å². The first kappa shape index (κ1) is 24.9. The maximum Gasteiger partial charge on any atom is 0.338 e. The number of aromatic hydroxyl groups is 1. The van der Waals surface area contributed by atoms with Gasteiger partial charge in [-0.15, -0.1) is 0 Å². The molecule has 3 aromatic rings. The molecule has 10 nitrogen and oxygen atoms in total. The van der Waals surface area contributed by atoms with E-state index in [9.17, 15) is 24.8 Å². The van der Waals surface area contributed by atoms with E-state index in [2.05, 4.69) is 0 Å². The van der Waals surface area contributed by atoms with E-state index in [1.54, 1.807) is 51.1 Å². The van der Waals surface area contributed by atoms with Crippen LogP contribution < -0.4 is 19.6 Å². The number of hydrogen-bond acceptors (Lipinski definition) is 9. The monoisotopic (exact) mass is 509 g/mol. The highest BCUT2D eigenvalue weighted by Gasteiger charge is 2.32. The highest BCUT2D eigenvalue weighted by atomic mass is 32.1. The third kappa shape index (κ3) is 4.65. The maximum atomic E-state index is 13.3. The van der Waals surface area contributed by atoms with Gasteiger partial charge in [0.1, 0.15) is 6.04 Å². The van der Waals surface area contributed by atoms with E-state index in [0.29, 0.717) is 32.8 Å². The molecular weight excluding hydrogens is 486 g/mol. The quantitative estimate of drug-likeness (QED) is 0.294. The van der Waals surface area contributed by atoms with E-state index in [-0.39, 0.29) is 29.4 Å². The van der Waals surface area contributed by atoms with Crippen LogP contribution in [0.1, 0.15) is 37.9 Å². The molecule has 11 heteroatoms. The van der Waals surface area contributed by atoms with E-state index < -0.39 is 22.5 Å². The summed E-state index contributed by atoms with van der Waals surface area (Å²) in [4.78, 5) is 42.0. The molecule has 36 heavy (non-hydrogen) atoms. The zero-order valence-corrected chi connectivity index (χ0v) is 20.6. The van der Waals surface area contributed by atoms with Gasteiger partial charge in [0.25, 0.3) is 11.2 Å². The fourth-order valence-electron chi connectivity index (χ4n) is 3.91. The molecule has 0 aliphatic carbocycles. The lowest BCUT2D eigenvalue weighted by atomic mass is 9.96. The van der Waals surface area contributed by atoms with Gasteiger partial charge in [-0.1, -0.05) is 29.5 Å². The number of carbonyl (C=O) groups is 1. The molecule has 0 unspecified atom stereocenters. The molecule has 0 amide bonds. The number of esters is 1. The van der Waals surface area contributed by atoms with Gasteiger partial charge in [-0.2, -0.15) is 0 Å². The first-order chi connectivity index (χ1) is 17.2. The molecule has 186 valence electrons. The van der Waals surface area contributed by atoms with Crippen molar-refractivity contribution in [2.75, 3.05) is 13.2 Å². The Kier molecular flexibility index (Phi) is 7.02. The summed E-state index contributed by atoms with van der Waals surface area (Å²) in [7, 11) is 0. The fraction of sp³-hybridized carbons (Fsp3) is 0.240. The second kappa shape index (κ2) is 10.2. The minimum atomic E-state index is -0.799. The summed E-state index contributed by atoms with van der Waals surface area (Å²) in [5.41, 5.74) is 1.14. The second-order valence-corrected chi connectivity index (χ2v) is 8.81. The molecule has 2 aromatic carbocycles. The van der Waals surface area contributed by atoms with E-state index >= 15 is 0 Å². The average Bonchev–Trinajstić information content (AvgIpc) is 3.15. The number of hydrogen-bond donors (Lipinski definition) is 1. The SMILES string of the molecule is CCOC(=O)C1=C(C)n2c(s/c(=C\c3cccc([N+](=O)[O-])c3)c2=O)=N[C@H]1c1ccc(O)c(OCC)c1. The van der Waals surface area contributed by atoms with E-state index in [4.69, 9.17) is 14.5 Å². The molecule has 4 rings (SSSR count). The summed E-state index contributed by atoms with van der Waals surface area (Å²) >= 11 is 1.11. The highest BCUT2D eigenvalue weighted by Crippen LogP contribution is 2.36. The number of ether oxygens (including phenoxy) is 2. The predicted molar refractivity (Wildman–Crippen MR) is 134 cm³/mol. The Balaban J connectivity index is 1.93. The summed E-state index contributed by atoms with van der Waals surface area (Å²) in [6.45, 7) is 5.59. The van der Waals surface area contributed by atoms with Gasteiger partial charge in [-0.25, -0.2) is 9.79 Å². The van der Waals surface area contributed by atoms with Crippen LogP contribution in [0.2, 0.25) is 0 Å². The predicted octanol–water partition coefficient (Wildman–Crippen LogP) is 2.92. The molecule has 1 aliphatic heterocycles. The number of fused-ring (bicyclic) bond motifs is 1. The Morgan fingerprint density at radius 1 is 1.25 bits per heavy atom. The molecule has 0 saturated carbocycles. The smallest absolute Gasteiger partial charge is 0.338 e. The lowest BCUT2D eigenvalue weighted by Crippen LogP contribution is -2.35. The molecule has 1 aromatic heterocycles. The van der Waals surface area contributed by atoms with Crippen LogP contribution in [0, 0.1) is 10.1 Å². The van der Waals surface area contributed by atoms with Crippen molar-refractivity contribution in [3.8, 4) is 11.5 Å². The number of carbonyl (C=O) groups excluding carboxylic acids is 1. The van der Waals surface area contributed by atoms with Crippen LogP contribution in [0.3, 0.4) is 0 Å². The number of allylic oxidation sites excluding steroid dienone is 1. The minimum absolute atomic E-state index is 0.0448. The topological polar surface area (TPSA) is 133 Å². The van der Waals surface area contributed by atoms with Crippen molar-refractivity contribution in [2.45, 2.75) is 26.8 Å². The maximum absolute atomic E-state index is 13.3. The molecule has 0 bridgehead atoms. The summed E-state index contributed by atoms with van der Waals surface area (Å²) in [6, 6.07) is 9.86. The number of phenols is 1. The van der Waals surface area contributed by atoms with Gasteiger partial charge >= 0.3 is 5.97 Å². The highest BCUT2D eigenvalue weighted by molar-refractivity contribution is 7.07. The van der Waals surface area contributed by atoms with Crippen molar-refractivity contribution in [1.82, 2.24) is 4.57 Å². The zero-order chi connectivity index (χ0) is 26.0. The first-order valence-corrected chi connectivity index (χ1v) is 12.0. The van der Waals surface area contributed by atoms with Crippen molar-refractivity contribution < 1.29 is 24.3 Å². The Morgan fingerprint density at radius 2 is 2.03 bits per heavy atom. The Morgan fingerprint density at radius 3 is 2.72 bits per heavy atom. The van der Waals surface area contributed by atoms with Crippen molar-refractivity contribution in [2.24, 2.45) is 4.99 Å². The Hall–Kier alpha value is -4.25. The van der Waals surface area contributed by atoms with Gasteiger partial charge in [0.2, 0.25) is 0 Å². The normalized spacial score (nSPS) is 15.3. The molecule has 0 fully saturated rings. The Bertz CT molecular complexity index is 1570. The molecular formula is C25H23N3O7S. The summed E-state index contributed by atoms with van der Waals surface area (Å²) in [5.74, 6) is -0.403. The van der Waals surface area contributed by atoms with E-state index in [0.717, 1.165) is 11.3 Å². The summed E-state index contributed by atoms with van der Waals surface area (Å²) in [5, 5.41) is 21.2. The summed E-state index contributed by atoms with van der Waals surface area (Å²) < 4.78 is 12.4. The van der Waals surface area contributed by atoms with Crippen molar-refractivity contribution in [1.29, 1.82) is 0 Å². The van der Waals surface area contributed by atoms with Crippen molar-refractivity contribution in [3.05, 3.63) is 89.0 Å². The first-order valence-electron chi connectivity index (χ1n) is 11.1. The van der Waals surface area contributed by atoms with Crippen LogP contribution >= 0.6 is 11.3 Å². The number of nitro benzene ring substituents is 1. The molecule has 1 N–H and O–H groups in total. The van der Waals surface area contributed by atoms with E-state index in [1.165, 1.54) is 22.8 Å². The third-order valence-corrected chi connectivity index (χ3v) is 6.50. The van der Waals surface area contributed by atoms with Gasteiger partial charge < -0.3 is 14.6 Å². The number of thiazole rings is 1. The average molecular weight is 510 g/mol. The third-order valence-electron chi connectivity index (χ3n) is 5.52. The van der Waals surface area contributed by atoms with Crippen LogP contribution in [-0.4, -0.2) is 33.8 Å². The van der Waals surface area contributed by atoms with Crippen LogP contribution in [0.5, 0.6) is 11.5 Å². The van der Waals surface area contributed by atoms with Crippen molar-refractivity contribution >= 4 is 34.8 Å². The number of phenolic OH excluding ortho intramolecular Hbond substituents is 1. The molecule has 1 atom stereocenters.